The van der Waals surface area contributed by atoms with Crippen LogP contribution < -0.4 is 4.74 Å². The molecule has 0 spiro atoms. The van der Waals surface area contributed by atoms with Gasteiger partial charge in [0, 0.05) is 18.6 Å². The molecule has 0 N–H and O–H groups in total. The number of aromatic nitrogens is 1. The van der Waals surface area contributed by atoms with Gasteiger partial charge in [-0.25, -0.2) is 0 Å². The molecule has 0 unspecified atom stereocenters. The van der Waals surface area contributed by atoms with Gasteiger partial charge < -0.3 is 9.30 Å². The highest BCUT2D eigenvalue weighted by molar-refractivity contribution is 5.86. The summed E-state index contributed by atoms with van der Waals surface area (Å²) in [5.74, 6) is 0.970. The Hall–Kier alpha value is -1.44. The molecule has 14 heavy (non-hydrogen) atoms. The third-order valence-electron chi connectivity index (χ3n) is 2.25. The number of nitrogens with zero attached hydrogens (tertiary/aromatic N) is 1. The summed E-state index contributed by atoms with van der Waals surface area (Å²) in [5.41, 5.74) is 1.21. The van der Waals surface area contributed by atoms with Gasteiger partial charge in [0.1, 0.15) is 5.75 Å². The van der Waals surface area contributed by atoms with E-state index in [0.29, 0.717) is 0 Å². The van der Waals surface area contributed by atoms with Crippen LogP contribution in [0, 0.1) is 0 Å². The van der Waals surface area contributed by atoms with E-state index < -0.39 is 0 Å². The fraction of sp³-hybridized carbons (Fsp3) is 0.333. The van der Waals surface area contributed by atoms with Gasteiger partial charge >= 0.3 is 0 Å². The molecule has 0 saturated heterocycles. The van der Waals surface area contributed by atoms with Gasteiger partial charge in [-0.2, -0.15) is 0 Å². The molecule has 0 fully saturated rings. The van der Waals surface area contributed by atoms with Gasteiger partial charge in [0.25, 0.3) is 0 Å². The molecule has 1 aromatic heterocycles. The minimum absolute atomic E-state index is 0.223. The number of ether oxygens (including phenoxy) is 1. The molecule has 1 heterocycles. The molecule has 2 aromatic rings. The Balaban J connectivity index is 2.54. The maximum Gasteiger partial charge on any atom is 0.129 e. The second-order valence-corrected chi connectivity index (χ2v) is 3.78. The molecule has 0 aliphatic carbocycles. The second kappa shape index (κ2) is 3.37. The van der Waals surface area contributed by atoms with E-state index in [1.807, 2.05) is 33.0 Å². The predicted molar refractivity (Wildman–Crippen MR) is 58.7 cm³/mol. The Bertz CT molecular complexity index is 443. The van der Waals surface area contributed by atoms with E-state index in [1.165, 1.54) is 10.9 Å². The second-order valence-electron chi connectivity index (χ2n) is 3.78. The quantitative estimate of drug-likeness (QED) is 0.708. The van der Waals surface area contributed by atoms with Crippen molar-refractivity contribution in [3.05, 3.63) is 30.5 Å². The number of hydrogen-bond donors (Lipinski definition) is 0. The number of rotatable bonds is 2. The summed E-state index contributed by atoms with van der Waals surface area (Å²) in [6, 6.07) is 8.23. The number of fused-ring (bicyclic) bond motifs is 1. The van der Waals surface area contributed by atoms with Crippen molar-refractivity contribution in [2.24, 2.45) is 7.05 Å². The van der Waals surface area contributed by atoms with Crippen LogP contribution in [0.2, 0.25) is 0 Å². The lowest BCUT2D eigenvalue weighted by Gasteiger charge is -2.10. The number of benzene rings is 1. The van der Waals surface area contributed by atoms with Gasteiger partial charge in [-0.05, 0) is 32.0 Å². The molecule has 0 aliphatic rings. The summed E-state index contributed by atoms with van der Waals surface area (Å²) in [7, 11) is 2.04. The van der Waals surface area contributed by atoms with Crippen LogP contribution in [-0.2, 0) is 7.05 Å². The summed E-state index contributed by atoms with van der Waals surface area (Å²) in [5, 5.41) is 1.18. The minimum atomic E-state index is 0.223. The lowest BCUT2D eigenvalue weighted by atomic mass is 10.2. The maximum absolute atomic E-state index is 5.73. The zero-order valence-corrected chi connectivity index (χ0v) is 8.82. The normalized spacial score (nSPS) is 11.1. The van der Waals surface area contributed by atoms with Crippen LogP contribution in [0.4, 0.5) is 0 Å². The lowest BCUT2D eigenvalue weighted by molar-refractivity contribution is 0.245. The number of aryl methyl sites for hydroxylation is 1. The van der Waals surface area contributed by atoms with Gasteiger partial charge in [-0.15, -0.1) is 0 Å². The van der Waals surface area contributed by atoms with Gasteiger partial charge in [-0.1, -0.05) is 6.07 Å². The molecule has 74 valence electrons. The van der Waals surface area contributed by atoms with Crippen LogP contribution in [0.15, 0.2) is 30.5 Å². The summed E-state index contributed by atoms with van der Waals surface area (Å²) in [6.07, 6.45) is 2.28. The predicted octanol–water partition coefficient (Wildman–Crippen LogP) is 2.97. The van der Waals surface area contributed by atoms with Crippen molar-refractivity contribution in [3.8, 4) is 5.75 Å². The van der Waals surface area contributed by atoms with Gasteiger partial charge in [-0.3, -0.25) is 0 Å². The molecular formula is C12H15NO. The first-order valence-corrected chi connectivity index (χ1v) is 4.89. The Morgan fingerprint density at radius 2 is 2.00 bits per heavy atom. The molecule has 0 bridgehead atoms. The first-order chi connectivity index (χ1) is 6.68. The Morgan fingerprint density at radius 1 is 1.21 bits per heavy atom. The van der Waals surface area contributed by atoms with E-state index in [9.17, 15) is 0 Å². The Kier molecular flexibility index (Phi) is 2.20. The molecule has 0 radical (unpaired) electrons. The Labute approximate surface area is 84.1 Å². The van der Waals surface area contributed by atoms with Crippen molar-refractivity contribution in [1.82, 2.24) is 4.57 Å². The smallest absolute Gasteiger partial charge is 0.129 e. The molecule has 2 nitrogen and oxygen atoms in total. The van der Waals surface area contributed by atoms with E-state index in [-0.39, 0.29) is 6.10 Å². The van der Waals surface area contributed by atoms with E-state index in [4.69, 9.17) is 4.74 Å². The molecule has 0 atom stereocenters. The highest BCUT2D eigenvalue weighted by Crippen LogP contribution is 2.26. The summed E-state index contributed by atoms with van der Waals surface area (Å²) < 4.78 is 7.83. The highest BCUT2D eigenvalue weighted by Gasteiger charge is 2.05. The molecule has 0 aliphatic heterocycles. The summed E-state index contributed by atoms with van der Waals surface area (Å²) >= 11 is 0. The van der Waals surface area contributed by atoms with E-state index >= 15 is 0 Å². The van der Waals surface area contributed by atoms with E-state index in [2.05, 4.69) is 22.9 Å². The van der Waals surface area contributed by atoms with E-state index in [1.54, 1.807) is 0 Å². The first-order valence-electron chi connectivity index (χ1n) is 4.89. The van der Waals surface area contributed by atoms with Crippen LogP contribution in [0.25, 0.3) is 10.9 Å². The first kappa shape index (κ1) is 9.13. The largest absolute Gasteiger partial charge is 0.490 e. The maximum atomic E-state index is 5.73. The van der Waals surface area contributed by atoms with E-state index in [0.717, 1.165) is 5.75 Å². The highest BCUT2D eigenvalue weighted by atomic mass is 16.5. The summed E-state index contributed by atoms with van der Waals surface area (Å²) in [4.78, 5) is 0. The zero-order chi connectivity index (χ0) is 10.1. The Morgan fingerprint density at radius 3 is 2.71 bits per heavy atom. The summed E-state index contributed by atoms with van der Waals surface area (Å²) in [6.45, 7) is 4.09. The van der Waals surface area contributed by atoms with Crippen molar-refractivity contribution >= 4 is 10.9 Å². The molecule has 2 heteroatoms. The van der Waals surface area contributed by atoms with Gasteiger partial charge in [0.2, 0.25) is 0 Å². The van der Waals surface area contributed by atoms with Gasteiger partial charge in [0.15, 0.2) is 0 Å². The van der Waals surface area contributed by atoms with Crippen molar-refractivity contribution < 1.29 is 4.74 Å². The topological polar surface area (TPSA) is 14.2 Å². The SMILES string of the molecule is CC(C)Oc1cccc2c1ccn2C. The lowest BCUT2D eigenvalue weighted by Crippen LogP contribution is -2.05. The molecular weight excluding hydrogens is 174 g/mol. The van der Waals surface area contributed by atoms with Crippen LogP contribution >= 0.6 is 0 Å². The van der Waals surface area contributed by atoms with Crippen molar-refractivity contribution in [2.75, 3.05) is 0 Å². The third kappa shape index (κ3) is 1.48. The fourth-order valence-corrected chi connectivity index (χ4v) is 1.63. The van der Waals surface area contributed by atoms with Crippen LogP contribution in [-0.4, -0.2) is 10.7 Å². The average molecular weight is 189 g/mol. The van der Waals surface area contributed by atoms with Crippen LogP contribution in [0.3, 0.4) is 0 Å². The monoisotopic (exact) mass is 189 g/mol. The zero-order valence-electron chi connectivity index (χ0n) is 8.82. The van der Waals surface area contributed by atoms with Crippen LogP contribution in [0.5, 0.6) is 5.75 Å². The number of hydrogen-bond acceptors (Lipinski definition) is 1. The molecule has 1 aromatic carbocycles. The van der Waals surface area contributed by atoms with Gasteiger partial charge in [0.05, 0.1) is 11.6 Å². The van der Waals surface area contributed by atoms with Crippen molar-refractivity contribution in [2.45, 2.75) is 20.0 Å². The minimum Gasteiger partial charge on any atom is -0.490 e. The standard InChI is InChI=1S/C12H15NO/c1-9(2)14-12-6-4-5-11-10(12)7-8-13(11)3/h4-9H,1-3H3. The third-order valence-corrected chi connectivity index (χ3v) is 2.25. The molecule has 2 rings (SSSR count). The molecule has 0 saturated carbocycles. The average Bonchev–Trinajstić information content (AvgIpc) is 2.49. The van der Waals surface area contributed by atoms with Crippen molar-refractivity contribution in [3.63, 3.8) is 0 Å². The molecule has 0 amide bonds. The van der Waals surface area contributed by atoms with Crippen molar-refractivity contribution in [1.29, 1.82) is 0 Å². The van der Waals surface area contributed by atoms with Crippen LogP contribution in [0.1, 0.15) is 13.8 Å². The fourth-order valence-electron chi connectivity index (χ4n) is 1.63.